The molecule has 1 atom stereocenters. The Labute approximate surface area is 288 Å². The Balaban J connectivity index is 1.35. The maximum atomic E-state index is 13.6. The minimum atomic E-state index is -1.50. The zero-order valence-electron chi connectivity index (χ0n) is 23.5. The van der Waals surface area contributed by atoms with Crippen LogP contribution in [0.25, 0.3) is 0 Å². The van der Waals surface area contributed by atoms with Gasteiger partial charge in [-0.15, -0.1) is 11.8 Å². The van der Waals surface area contributed by atoms with Crippen LogP contribution in [0.3, 0.4) is 0 Å². The number of nitrogens with one attached hydrogen (secondary N) is 2. The van der Waals surface area contributed by atoms with Gasteiger partial charge in [-0.1, -0.05) is 101 Å². The van der Waals surface area contributed by atoms with Gasteiger partial charge in [0.1, 0.15) is 16.7 Å². The lowest BCUT2D eigenvalue weighted by Gasteiger charge is -2.18. The number of ether oxygens (including phenoxy) is 1. The number of halogens is 4. The van der Waals surface area contributed by atoms with Gasteiger partial charge in [0.2, 0.25) is 5.91 Å². The Morgan fingerprint density at radius 2 is 1.22 bits per heavy atom. The zero-order valence-corrected chi connectivity index (χ0v) is 27.3. The van der Waals surface area contributed by atoms with E-state index in [1.165, 1.54) is 11.8 Å². The summed E-state index contributed by atoms with van der Waals surface area (Å²) in [6.07, 6.45) is 0. The van der Waals surface area contributed by atoms with Crippen LogP contribution in [0.15, 0.2) is 114 Å². The lowest BCUT2D eigenvalue weighted by molar-refractivity contribution is -0.115. The monoisotopic (exact) mass is 710 g/mol. The number of carboxylic acid groups (broad SMARTS) is 1. The number of thioether (sulfide) groups is 1. The molecular formula is C34H22Cl4N2O5S. The van der Waals surface area contributed by atoms with E-state index >= 15 is 0 Å². The number of benzene rings is 5. The number of carbonyl (C=O) groups excluding carboxylic acids is 2. The molecule has 232 valence electrons. The predicted molar refractivity (Wildman–Crippen MR) is 184 cm³/mol. The average molecular weight is 712 g/mol. The summed E-state index contributed by atoms with van der Waals surface area (Å²) in [5, 5.41) is 13.4. The van der Waals surface area contributed by atoms with Crippen molar-refractivity contribution in [1.82, 2.24) is 0 Å². The molecule has 0 saturated heterocycles. The fraction of sp³-hybridized carbons (Fsp3) is 0.0294. The molecule has 0 fully saturated rings. The van der Waals surface area contributed by atoms with Crippen LogP contribution in [0.1, 0.15) is 31.5 Å². The second kappa shape index (κ2) is 14.9. The summed E-state index contributed by atoms with van der Waals surface area (Å²) in [5.41, 5.74) is 0.634. The van der Waals surface area contributed by atoms with Gasteiger partial charge in [-0.05, 0) is 60.2 Å². The first kappa shape index (κ1) is 33.2. The second-order valence-corrected chi connectivity index (χ2v) is 12.3. The Morgan fingerprint density at radius 3 is 1.85 bits per heavy atom. The first-order valence-corrected chi connectivity index (χ1v) is 15.9. The third kappa shape index (κ3) is 7.78. The fourth-order valence-electron chi connectivity index (χ4n) is 4.36. The van der Waals surface area contributed by atoms with Crippen molar-refractivity contribution >= 4 is 87.3 Å². The van der Waals surface area contributed by atoms with Crippen molar-refractivity contribution in [2.45, 2.75) is 10.1 Å². The Hall–Kier alpha value is -4.18. The molecule has 0 heterocycles. The summed E-state index contributed by atoms with van der Waals surface area (Å²) in [6.45, 7) is 0. The molecule has 2 amide bonds. The summed E-state index contributed by atoms with van der Waals surface area (Å²) in [7, 11) is 0. The van der Waals surface area contributed by atoms with Gasteiger partial charge in [0.15, 0.2) is 0 Å². The lowest BCUT2D eigenvalue weighted by atomic mass is 10.1. The number of aromatic carboxylic acids is 1. The Kier molecular flexibility index (Phi) is 10.8. The molecule has 0 aliphatic rings. The van der Waals surface area contributed by atoms with Gasteiger partial charge in [-0.3, -0.25) is 9.59 Å². The third-order valence-corrected chi connectivity index (χ3v) is 9.55. The largest absolute Gasteiger partial charge is 0.478 e. The summed E-state index contributed by atoms with van der Waals surface area (Å²) >= 11 is 25.7. The van der Waals surface area contributed by atoms with Crippen molar-refractivity contribution in [2.75, 3.05) is 10.6 Å². The van der Waals surface area contributed by atoms with Gasteiger partial charge in [0, 0.05) is 16.3 Å². The predicted octanol–water partition coefficient (Wildman–Crippen LogP) is 10.5. The van der Waals surface area contributed by atoms with Crippen LogP contribution in [0.5, 0.6) is 11.5 Å². The van der Waals surface area contributed by atoms with Crippen molar-refractivity contribution in [3.05, 3.63) is 146 Å². The molecule has 0 bridgehead atoms. The van der Waals surface area contributed by atoms with E-state index in [1.54, 1.807) is 48.5 Å². The van der Waals surface area contributed by atoms with Crippen molar-refractivity contribution in [1.29, 1.82) is 0 Å². The van der Waals surface area contributed by atoms with Gasteiger partial charge in [-0.25, -0.2) is 4.79 Å². The molecule has 5 rings (SSSR count). The molecule has 46 heavy (non-hydrogen) atoms. The molecule has 0 aliphatic carbocycles. The minimum absolute atomic E-state index is 0.247. The lowest BCUT2D eigenvalue weighted by Crippen LogP contribution is -2.19. The quantitative estimate of drug-likeness (QED) is 0.0757. The highest BCUT2D eigenvalue weighted by molar-refractivity contribution is 8.00. The smallest absolute Gasteiger partial charge is 0.338 e. The van der Waals surface area contributed by atoms with Crippen LogP contribution < -0.4 is 15.4 Å². The van der Waals surface area contributed by atoms with Gasteiger partial charge < -0.3 is 20.5 Å². The Morgan fingerprint density at radius 1 is 0.630 bits per heavy atom. The molecule has 5 aromatic rings. The highest BCUT2D eigenvalue weighted by Gasteiger charge is 2.29. The van der Waals surface area contributed by atoms with Gasteiger partial charge in [0.05, 0.1) is 31.2 Å². The molecule has 0 saturated carbocycles. The number of carboxylic acids is 1. The van der Waals surface area contributed by atoms with Crippen molar-refractivity contribution < 1.29 is 24.2 Å². The van der Waals surface area contributed by atoms with Crippen LogP contribution in [-0.2, 0) is 4.79 Å². The van der Waals surface area contributed by atoms with E-state index in [-0.39, 0.29) is 21.0 Å². The van der Waals surface area contributed by atoms with E-state index in [2.05, 4.69) is 10.6 Å². The van der Waals surface area contributed by atoms with Crippen molar-refractivity contribution in [3.8, 4) is 11.5 Å². The van der Waals surface area contributed by atoms with Crippen molar-refractivity contribution in [2.24, 2.45) is 0 Å². The topological polar surface area (TPSA) is 105 Å². The third-order valence-electron chi connectivity index (χ3n) is 6.50. The van der Waals surface area contributed by atoms with Crippen LogP contribution in [-0.4, -0.2) is 22.9 Å². The maximum Gasteiger partial charge on any atom is 0.338 e. The molecule has 0 aliphatic heterocycles. The summed E-state index contributed by atoms with van der Waals surface area (Å²) in [5.74, 6) is -1.32. The number of amides is 2. The zero-order chi connectivity index (χ0) is 32.8. The van der Waals surface area contributed by atoms with E-state index in [4.69, 9.17) is 51.1 Å². The number of hydrogen-bond acceptors (Lipinski definition) is 5. The first-order valence-electron chi connectivity index (χ1n) is 13.5. The molecule has 0 aromatic heterocycles. The number of hydrogen-bond donors (Lipinski definition) is 3. The van der Waals surface area contributed by atoms with E-state index in [0.29, 0.717) is 27.8 Å². The fourth-order valence-corrected chi connectivity index (χ4v) is 6.46. The highest BCUT2D eigenvalue weighted by atomic mass is 35.5. The van der Waals surface area contributed by atoms with Crippen LogP contribution in [0.4, 0.5) is 11.4 Å². The standard InChI is InChI=1S/C34H22Cl4N2O5S/c35-27-25(26(34(43)44)28(36)30(38)29(27)37)32(41)40-21-10-7-13-24(18-21)46-31(19-8-3-1-4-9-19)33(42)39-20-14-16-23(17-15-20)45-22-11-5-2-6-12-22/h1-18,31H,(H,39,42)(H,40,41)(H,43,44). The molecule has 0 radical (unpaired) electrons. The Bertz CT molecular complexity index is 1910. The van der Waals surface area contributed by atoms with Gasteiger partial charge in [0.25, 0.3) is 5.91 Å². The van der Waals surface area contributed by atoms with Gasteiger partial charge >= 0.3 is 5.97 Å². The molecule has 7 nitrogen and oxygen atoms in total. The number of anilines is 2. The minimum Gasteiger partial charge on any atom is -0.478 e. The van der Waals surface area contributed by atoms with E-state index < -0.39 is 33.3 Å². The van der Waals surface area contributed by atoms with Crippen LogP contribution in [0.2, 0.25) is 20.1 Å². The van der Waals surface area contributed by atoms with Crippen LogP contribution in [0, 0.1) is 0 Å². The summed E-state index contributed by atoms with van der Waals surface area (Å²) in [4.78, 5) is 39.5. The molecule has 1 unspecified atom stereocenters. The van der Waals surface area contributed by atoms with Gasteiger partial charge in [-0.2, -0.15) is 0 Å². The van der Waals surface area contributed by atoms with E-state index in [0.717, 1.165) is 5.56 Å². The number of rotatable bonds is 10. The SMILES string of the molecule is O=C(O)c1c(Cl)c(Cl)c(Cl)c(Cl)c1C(=O)Nc1cccc(SC(C(=O)Nc2ccc(Oc3ccccc3)cc2)c2ccccc2)c1. The highest BCUT2D eigenvalue weighted by Crippen LogP contribution is 2.42. The average Bonchev–Trinajstić information content (AvgIpc) is 3.06. The van der Waals surface area contributed by atoms with Crippen molar-refractivity contribution in [3.63, 3.8) is 0 Å². The molecule has 12 heteroatoms. The number of para-hydroxylation sites is 1. The molecular weight excluding hydrogens is 690 g/mol. The maximum absolute atomic E-state index is 13.6. The summed E-state index contributed by atoms with van der Waals surface area (Å²) in [6, 6.07) is 32.4. The molecule has 0 spiro atoms. The summed E-state index contributed by atoms with van der Waals surface area (Å²) < 4.78 is 5.84. The van der Waals surface area contributed by atoms with Crippen LogP contribution >= 0.6 is 58.2 Å². The molecule has 3 N–H and O–H groups in total. The second-order valence-electron chi connectivity index (χ2n) is 9.63. The molecule has 5 aromatic carbocycles. The van der Waals surface area contributed by atoms with E-state index in [9.17, 15) is 19.5 Å². The number of carbonyl (C=O) groups is 3. The normalized spacial score (nSPS) is 11.4. The first-order chi connectivity index (χ1) is 22.1. The van der Waals surface area contributed by atoms with E-state index in [1.807, 2.05) is 60.7 Å².